The highest BCUT2D eigenvalue weighted by molar-refractivity contribution is 5.86. The van der Waals surface area contributed by atoms with Gasteiger partial charge in [-0.15, -0.1) is 0 Å². The highest BCUT2D eigenvalue weighted by Gasteiger charge is 2.52. The zero-order valence-electron chi connectivity index (χ0n) is 10.5. The van der Waals surface area contributed by atoms with Crippen molar-refractivity contribution in [1.82, 2.24) is 4.90 Å². The summed E-state index contributed by atoms with van der Waals surface area (Å²) in [5.41, 5.74) is 0. The highest BCUT2D eigenvalue weighted by Crippen LogP contribution is 2.48. The Morgan fingerprint density at radius 3 is 2.44 bits per heavy atom. The van der Waals surface area contributed by atoms with Crippen molar-refractivity contribution in [3.8, 4) is 0 Å². The Kier molecular flexibility index (Phi) is 3.71. The molecule has 5 nitrogen and oxygen atoms in total. The molecule has 0 spiro atoms. The largest absolute Gasteiger partial charge is 0.481 e. The summed E-state index contributed by atoms with van der Waals surface area (Å²) >= 11 is 0. The van der Waals surface area contributed by atoms with Gasteiger partial charge in [0.1, 0.15) is 0 Å². The van der Waals surface area contributed by atoms with E-state index in [0.29, 0.717) is 13.0 Å². The first-order valence-electron chi connectivity index (χ1n) is 6.33. The second kappa shape index (κ2) is 5.10. The smallest absolute Gasteiger partial charge is 0.307 e. The number of allylic oxidation sites excluding steroid dienone is 2. The van der Waals surface area contributed by atoms with Crippen molar-refractivity contribution >= 4 is 11.9 Å². The molecule has 2 aliphatic rings. The fourth-order valence-electron chi connectivity index (χ4n) is 3.17. The third-order valence-electron chi connectivity index (χ3n) is 4.06. The molecule has 100 valence electrons. The van der Waals surface area contributed by atoms with Crippen LogP contribution < -0.4 is 0 Å². The van der Waals surface area contributed by atoms with E-state index in [1.807, 2.05) is 12.2 Å². The van der Waals surface area contributed by atoms with Gasteiger partial charge in [0.25, 0.3) is 0 Å². The lowest BCUT2D eigenvalue weighted by Crippen LogP contribution is -2.41. The molecular weight excluding hydrogens is 234 g/mol. The van der Waals surface area contributed by atoms with Gasteiger partial charge in [0.05, 0.1) is 11.8 Å². The maximum absolute atomic E-state index is 12.3. The maximum Gasteiger partial charge on any atom is 0.307 e. The summed E-state index contributed by atoms with van der Waals surface area (Å²) in [6, 6.07) is 0. The Hall–Kier alpha value is -1.36. The molecule has 0 aromatic heterocycles. The first-order chi connectivity index (χ1) is 8.56. The minimum atomic E-state index is -0.874. The number of carbonyl (C=O) groups excluding carboxylic acids is 1. The van der Waals surface area contributed by atoms with Crippen LogP contribution >= 0.6 is 0 Å². The van der Waals surface area contributed by atoms with Crippen LogP contribution in [-0.4, -0.2) is 47.2 Å². The minimum absolute atomic E-state index is 0.00712. The van der Waals surface area contributed by atoms with Crippen LogP contribution in [0.15, 0.2) is 12.2 Å². The second-order valence-electron chi connectivity index (χ2n) is 5.18. The van der Waals surface area contributed by atoms with Gasteiger partial charge in [0, 0.05) is 20.2 Å². The lowest BCUT2D eigenvalue weighted by Gasteiger charge is -2.28. The van der Waals surface area contributed by atoms with E-state index in [2.05, 4.69) is 0 Å². The van der Waals surface area contributed by atoms with E-state index < -0.39 is 17.8 Å². The molecule has 2 rings (SSSR count). The predicted molar refractivity (Wildman–Crippen MR) is 64.7 cm³/mol. The van der Waals surface area contributed by atoms with Gasteiger partial charge in [-0.3, -0.25) is 9.59 Å². The quantitative estimate of drug-likeness (QED) is 0.693. The normalized spacial score (nSPS) is 32.8. The number of carboxylic acids is 1. The second-order valence-corrected chi connectivity index (χ2v) is 5.18. The molecule has 0 aromatic rings. The Bertz CT molecular complexity index is 379. The molecule has 4 unspecified atom stereocenters. The topological polar surface area (TPSA) is 77.8 Å². The summed E-state index contributed by atoms with van der Waals surface area (Å²) in [5.74, 6) is -1.91. The molecule has 0 heterocycles. The average molecular weight is 253 g/mol. The molecule has 0 radical (unpaired) electrons. The van der Waals surface area contributed by atoms with E-state index in [9.17, 15) is 14.7 Å². The Labute approximate surface area is 106 Å². The van der Waals surface area contributed by atoms with Crippen LogP contribution in [0.1, 0.15) is 12.8 Å². The molecule has 0 saturated heterocycles. The van der Waals surface area contributed by atoms with E-state index in [-0.39, 0.29) is 24.3 Å². The molecular formula is C13H19NO4. The molecule has 0 aliphatic heterocycles. The first-order valence-corrected chi connectivity index (χ1v) is 6.33. The summed E-state index contributed by atoms with van der Waals surface area (Å²) in [5, 5.41) is 18.0. The van der Waals surface area contributed by atoms with E-state index in [1.165, 1.54) is 0 Å². The van der Waals surface area contributed by atoms with Crippen LogP contribution in [0, 0.1) is 23.7 Å². The summed E-state index contributed by atoms with van der Waals surface area (Å²) in [6.07, 6.45) is 5.21. The maximum atomic E-state index is 12.3. The van der Waals surface area contributed by atoms with Gasteiger partial charge >= 0.3 is 5.97 Å². The molecule has 1 amide bonds. The minimum Gasteiger partial charge on any atom is -0.481 e. The Balaban J connectivity index is 2.09. The van der Waals surface area contributed by atoms with Crippen molar-refractivity contribution in [2.24, 2.45) is 23.7 Å². The third-order valence-corrected chi connectivity index (χ3v) is 4.06. The molecule has 1 fully saturated rings. The van der Waals surface area contributed by atoms with E-state index >= 15 is 0 Å². The van der Waals surface area contributed by atoms with Crippen LogP contribution in [0.2, 0.25) is 0 Å². The first kappa shape index (κ1) is 13.1. The molecule has 18 heavy (non-hydrogen) atoms. The molecule has 1 saturated carbocycles. The number of aliphatic hydroxyl groups is 1. The summed E-state index contributed by atoms with van der Waals surface area (Å²) in [4.78, 5) is 25.1. The van der Waals surface area contributed by atoms with E-state index in [0.717, 1.165) is 6.42 Å². The molecule has 0 aromatic carbocycles. The number of amides is 1. The monoisotopic (exact) mass is 253 g/mol. The van der Waals surface area contributed by atoms with Crippen LogP contribution in [-0.2, 0) is 9.59 Å². The van der Waals surface area contributed by atoms with Gasteiger partial charge in [0.2, 0.25) is 5.91 Å². The zero-order valence-corrected chi connectivity index (χ0v) is 10.5. The standard InChI is InChI=1S/C13H19NO4/c1-14(5-2-6-15)12(16)10-8-3-4-9(7-8)11(10)13(17)18/h3-4,8-11,15H,2,5-7H2,1H3,(H,17,18). The lowest BCUT2D eigenvalue weighted by molar-refractivity contribution is -0.150. The van der Waals surface area contributed by atoms with Gasteiger partial charge in [-0.05, 0) is 24.7 Å². The highest BCUT2D eigenvalue weighted by atomic mass is 16.4. The third kappa shape index (κ3) is 2.14. The molecule has 5 heteroatoms. The van der Waals surface area contributed by atoms with Crippen molar-refractivity contribution in [3.05, 3.63) is 12.2 Å². The number of carboxylic acid groups (broad SMARTS) is 1. The number of aliphatic carboxylic acids is 1. The lowest BCUT2D eigenvalue weighted by atomic mass is 9.82. The zero-order chi connectivity index (χ0) is 13.3. The number of aliphatic hydroxyl groups excluding tert-OH is 1. The van der Waals surface area contributed by atoms with Crippen molar-refractivity contribution in [2.45, 2.75) is 12.8 Å². The fourth-order valence-corrected chi connectivity index (χ4v) is 3.17. The van der Waals surface area contributed by atoms with E-state index in [4.69, 9.17) is 5.11 Å². The molecule has 2 N–H and O–H groups in total. The predicted octanol–water partition coefficient (Wildman–Crippen LogP) is 0.350. The number of hydrogen-bond donors (Lipinski definition) is 2. The summed E-state index contributed by atoms with van der Waals surface area (Å²) in [7, 11) is 1.67. The van der Waals surface area contributed by atoms with Crippen molar-refractivity contribution in [3.63, 3.8) is 0 Å². The molecule has 2 aliphatic carbocycles. The average Bonchev–Trinajstić information content (AvgIpc) is 2.94. The van der Waals surface area contributed by atoms with Gasteiger partial charge in [0.15, 0.2) is 0 Å². The van der Waals surface area contributed by atoms with Gasteiger partial charge in [-0.1, -0.05) is 12.2 Å². The SMILES string of the molecule is CN(CCCO)C(=O)C1C2C=CC(C2)C1C(=O)O. The fraction of sp³-hybridized carbons (Fsp3) is 0.692. The molecule has 4 atom stereocenters. The van der Waals surface area contributed by atoms with Gasteiger partial charge in [-0.2, -0.15) is 0 Å². The van der Waals surface area contributed by atoms with Crippen LogP contribution in [0.4, 0.5) is 0 Å². The number of carbonyl (C=O) groups is 2. The van der Waals surface area contributed by atoms with Crippen LogP contribution in [0.5, 0.6) is 0 Å². The van der Waals surface area contributed by atoms with Crippen molar-refractivity contribution < 1.29 is 19.8 Å². The molecule has 2 bridgehead atoms. The summed E-state index contributed by atoms with van der Waals surface area (Å²) < 4.78 is 0. The van der Waals surface area contributed by atoms with Crippen LogP contribution in [0.3, 0.4) is 0 Å². The summed E-state index contributed by atoms with van der Waals surface area (Å²) in [6.45, 7) is 0.510. The number of rotatable bonds is 5. The van der Waals surface area contributed by atoms with Crippen LogP contribution in [0.25, 0.3) is 0 Å². The van der Waals surface area contributed by atoms with Crippen molar-refractivity contribution in [2.75, 3.05) is 20.2 Å². The number of hydrogen-bond acceptors (Lipinski definition) is 3. The number of nitrogens with zero attached hydrogens (tertiary/aromatic N) is 1. The van der Waals surface area contributed by atoms with E-state index in [1.54, 1.807) is 11.9 Å². The van der Waals surface area contributed by atoms with Crippen molar-refractivity contribution in [1.29, 1.82) is 0 Å². The Morgan fingerprint density at radius 2 is 1.89 bits per heavy atom. The van der Waals surface area contributed by atoms with Gasteiger partial charge < -0.3 is 15.1 Å². The number of fused-ring (bicyclic) bond motifs is 2. The van der Waals surface area contributed by atoms with Gasteiger partial charge in [-0.25, -0.2) is 0 Å². The Morgan fingerprint density at radius 1 is 1.28 bits per heavy atom.